The fourth-order valence-corrected chi connectivity index (χ4v) is 3.42. The van der Waals surface area contributed by atoms with Crippen LogP contribution in [0.15, 0.2) is 83.7 Å². The fraction of sp³-hybridized carbons (Fsp3) is 0.0870. The normalized spacial score (nSPS) is 10.9. The third-order valence-corrected chi connectivity index (χ3v) is 4.68. The summed E-state index contributed by atoms with van der Waals surface area (Å²) >= 11 is 0. The van der Waals surface area contributed by atoms with Crippen LogP contribution in [-0.4, -0.2) is 11.7 Å². The van der Waals surface area contributed by atoms with E-state index in [2.05, 4.69) is 0 Å². The molecule has 0 unspecified atom stereocenters. The first kappa shape index (κ1) is 17.0. The average Bonchev–Trinajstić information content (AvgIpc) is 2.71. The summed E-state index contributed by atoms with van der Waals surface area (Å²) < 4.78 is 21.3. The van der Waals surface area contributed by atoms with E-state index in [9.17, 15) is 9.18 Å². The fourth-order valence-electron chi connectivity index (χ4n) is 3.42. The minimum Gasteiger partial charge on any atom is -0.491 e. The molecule has 4 rings (SSSR count). The Morgan fingerprint density at radius 2 is 1.56 bits per heavy atom. The Bertz CT molecular complexity index is 1170. The van der Waals surface area contributed by atoms with Gasteiger partial charge in [0.1, 0.15) is 5.82 Å². The molecule has 0 saturated heterocycles. The van der Waals surface area contributed by atoms with Crippen LogP contribution in [0.3, 0.4) is 0 Å². The van der Waals surface area contributed by atoms with Crippen LogP contribution in [0.2, 0.25) is 0 Å². The third kappa shape index (κ3) is 2.99. The zero-order valence-corrected chi connectivity index (χ0v) is 14.9. The zero-order chi connectivity index (χ0) is 18.8. The molecule has 1 aromatic heterocycles. The third-order valence-electron chi connectivity index (χ3n) is 4.68. The van der Waals surface area contributed by atoms with Crippen LogP contribution in [0.1, 0.15) is 5.56 Å². The number of para-hydroxylation sites is 1. The molecule has 0 bridgehead atoms. The number of hydrogen-bond donors (Lipinski definition) is 0. The summed E-state index contributed by atoms with van der Waals surface area (Å²) in [5.74, 6) is -0.0733. The summed E-state index contributed by atoms with van der Waals surface area (Å²) in [6.07, 6.45) is 0. The molecular weight excluding hydrogens is 341 g/mol. The van der Waals surface area contributed by atoms with Gasteiger partial charge in [0.2, 0.25) is 0 Å². The second kappa shape index (κ2) is 7.08. The predicted octanol–water partition coefficient (Wildman–Crippen LogP) is 4.86. The van der Waals surface area contributed by atoms with Crippen LogP contribution in [0.25, 0.3) is 22.0 Å². The Morgan fingerprint density at radius 3 is 2.30 bits per heavy atom. The lowest BCUT2D eigenvalue weighted by Crippen LogP contribution is -2.24. The standard InChI is InChI=1S/C23H18FNO2/c1-27-22-21(16-9-3-2-4-10-16)18-12-6-8-14-20(18)25(23(22)26)15-17-11-5-7-13-19(17)24/h2-14H,15H2,1H3. The lowest BCUT2D eigenvalue weighted by molar-refractivity contribution is 0.407. The van der Waals surface area contributed by atoms with E-state index in [-0.39, 0.29) is 23.7 Å². The first-order valence-corrected chi connectivity index (χ1v) is 8.69. The Kier molecular flexibility index (Phi) is 4.47. The van der Waals surface area contributed by atoms with Gasteiger partial charge in [-0.15, -0.1) is 0 Å². The lowest BCUT2D eigenvalue weighted by atomic mass is 9.99. The molecule has 4 heteroatoms. The number of benzene rings is 3. The second-order valence-electron chi connectivity index (χ2n) is 6.27. The summed E-state index contributed by atoms with van der Waals surface area (Å²) in [6, 6.07) is 23.8. The van der Waals surface area contributed by atoms with Gasteiger partial charge in [-0.2, -0.15) is 0 Å². The molecule has 0 aliphatic rings. The molecule has 0 N–H and O–H groups in total. The summed E-state index contributed by atoms with van der Waals surface area (Å²) in [5, 5.41) is 0.886. The van der Waals surface area contributed by atoms with Crippen molar-refractivity contribution in [1.82, 2.24) is 4.57 Å². The average molecular weight is 359 g/mol. The van der Waals surface area contributed by atoms with Crippen LogP contribution in [0.5, 0.6) is 5.75 Å². The van der Waals surface area contributed by atoms with Gasteiger partial charge in [0.25, 0.3) is 5.56 Å². The maximum atomic E-state index is 14.2. The molecule has 27 heavy (non-hydrogen) atoms. The van der Waals surface area contributed by atoms with E-state index >= 15 is 0 Å². The van der Waals surface area contributed by atoms with Crippen LogP contribution in [0, 0.1) is 5.82 Å². The minimum atomic E-state index is -0.334. The molecule has 0 atom stereocenters. The van der Waals surface area contributed by atoms with Crippen molar-refractivity contribution in [2.45, 2.75) is 6.54 Å². The quantitative estimate of drug-likeness (QED) is 0.521. The van der Waals surface area contributed by atoms with Gasteiger partial charge in [0.05, 0.1) is 19.2 Å². The van der Waals surface area contributed by atoms with E-state index < -0.39 is 0 Å². The number of aromatic nitrogens is 1. The molecule has 4 aromatic rings. The maximum absolute atomic E-state index is 14.2. The highest BCUT2D eigenvalue weighted by atomic mass is 19.1. The van der Waals surface area contributed by atoms with Crippen molar-refractivity contribution in [2.75, 3.05) is 7.11 Å². The zero-order valence-electron chi connectivity index (χ0n) is 14.9. The van der Waals surface area contributed by atoms with Gasteiger partial charge in [-0.05, 0) is 17.7 Å². The van der Waals surface area contributed by atoms with Gasteiger partial charge in [0, 0.05) is 16.5 Å². The van der Waals surface area contributed by atoms with Gasteiger partial charge >= 0.3 is 0 Å². The van der Waals surface area contributed by atoms with Gasteiger partial charge in [-0.3, -0.25) is 4.79 Å². The van der Waals surface area contributed by atoms with Crippen LogP contribution in [0.4, 0.5) is 4.39 Å². The smallest absolute Gasteiger partial charge is 0.294 e. The van der Waals surface area contributed by atoms with Crippen molar-refractivity contribution in [1.29, 1.82) is 0 Å². The molecule has 1 heterocycles. The molecule has 3 nitrogen and oxygen atoms in total. The van der Waals surface area contributed by atoms with Crippen molar-refractivity contribution < 1.29 is 9.13 Å². The van der Waals surface area contributed by atoms with Crippen molar-refractivity contribution in [3.8, 4) is 16.9 Å². The summed E-state index contributed by atoms with van der Waals surface area (Å²) in [7, 11) is 1.49. The van der Waals surface area contributed by atoms with E-state index in [4.69, 9.17) is 4.74 Å². The van der Waals surface area contributed by atoms with E-state index in [1.165, 1.54) is 13.2 Å². The van der Waals surface area contributed by atoms with Crippen LogP contribution in [-0.2, 0) is 6.54 Å². The van der Waals surface area contributed by atoms with Crippen molar-refractivity contribution >= 4 is 10.9 Å². The topological polar surface area (TPSA) is 31.2 Å². The van der Waals surface area contributed by atoms with Crippen LogP contribution < -0.4 is 10.3 Å². The lowest BCUT2D eigenvalue weighted by Gasteiger charge is -2.17. The molecule has 0 aliphatic carbocycles. The molecule has 134 valence electrons. The highest BCUT2D eigenvalue weighted by molar-refractivity contribution is 5.97. The number of methoxy groups -OCH3 is 1. The summed E-state index contributed by atoms with van der Waals surface area (Å²) in [6.45, 7) is 0.136. The van der Waals surface area contributed by atoms with Crippen LogP contribution >= 0.6 is 0 Å². The van der Waals surface area contributed by atoms with Crippen molar-refractivity contribution in [2.24, 2.45) is 0 Å². The van der Waals surface area contributed by atoms with Crippen molar-refractivity contribution in [3.63, 3.8) is 0 Å². The molecule has 0 radical (unpaired) electrons. The predicted molar refractivity (Wildman–Crippen MR) is 106 cm³/mol. The maximum Gasteiger partial charge on any atom is 0.294 e. The number of fused-ring (bicyclic) bond motifs is 1. The van der Waals surface area contributed by atoms with Gasteiger partial charge in [-0.1, -0.05) is 66.7 Å². The molecular formula is C23H18FNO2. The second-order valence-corrected chi connectivity index (χ2v) is 6.27. The Balaban J connectivity index is 2.04. The SMILES string of the molecule is COc1c(-c2ccccc2)c2ccccc2n(Cc2ccccc2F)c1=O. The minimum absolute atomic E-state index is 0.136. The van der Waals surface area contributed by atoms with Gasteiger partial charge in [0.15, 0.2) is 5.75 Å². The molecule has 0 fully saturated rings. The number of rotatable bonds is 4. The Morgan fingerprint density at radius 1 is 0.889 bits per heavy atom. The first-order valence-electron chi connectivity index (χ1n) is 8.69. The van der Waals surface area contributed by atoms with E-state index in [0.717, 1.165) is 22.0 Å². The summed E-state index contributed by atoms with van der Waals surface area (Å²) in [5.41, 5.74) is 2.58. The number of nitrogens with zero attached hydrogens (tertiary/aromatic N) is 1. The number of ether oxygens (including phenoxy) is 1. The van der Waals surface area contributed by atoms with E-state index in [1.807, 2.05) is 54.6 Å². The van der Waals surface area contributed by atoms with E-state index in [0.29, 0.717) is 5.56 Å². The first-order chi connectivity index (χ1) is 13.2. The highest BCUT2D eigenvalue weighted by Crippen LogP contribution is 2.34. The Hall–Kier alpha value is -3.40. The molecule has 0 spiro atoms. The molecule has 0 saturated carbocycles. The molecule has 3 aromatic carbocycles. The summed E-state index contributed by atoms with van der Waals surface area (Å²) in [4.78, 5) is 13.2. The number of pyridine rings is 1. The highest BCUT2D eigenvalue weighted by Gasteiger charge is 2.19. The Labute approximate surface area is 156 Å². The largest absolute Gasteiger partial charge is 0.491 e. The van der Waals surface area contributed by atoms with E-state index in [1.54, 1.807) is 22.8 Å². The van der Waals surface area contributed by atoms with Crippen molar-refractivity contribution in [3.05, 3.63) is 101 Å². The van der Waals surface area contributed by atoms with Gasteiger partial charge < -0.3 is 9.30 Å². The monoisotopic (exact) mass is 359 g/mol. The molecule has 0 aliphatic heterocycles. The number of hydrogen-bond acceptors (Lipinski definition) is 2. The molecule has 0 amide bonds. The van der Waals surface area contributed by atoms with Gasteiger partial charge in [-0.25, -0.2) is 4.39 Å². The number of halogens is 1.